The van der Waals surface area contributed by atoms with E-state index in [4.69, 9.17) is 0 Å². The number of hydrogen-bond donors (Lipinski definition) is 0. The molecule has 1 aliphatic rings. The van der Waals surface area contributed by atoms with Gasteiger partial charge in [0.25, 0.3) is 6.17 Å². The monoisotopic (exact) mass is 393 g/mol. The van der Waals surface area contributed by atoms with Gasteiger partial charge in [0.2, 0.25) is 0 Å². The smallest absolute Gasteiger partial charge is 0.430 e. The SMILES string of the molecule is O=C1C=CC(=NOC(=O)c2ccc(OC(F)(F)[C@H](F)C(F)(F)F)cc2)C=C1. The predicted octanol–water partition coefficient (Wildman–Crippen LogP) is 3.77. The number of ketones is 1. The zero-order valence-electron chi connectivity index (χ0n) is 13.0. The first-order valence-electron chi connectivity index (χ1n) is 7.06. The van der Waals surface area contributed by atoms with Crippen LogP contribution in [0.5, 0.6) is 5.75 Å². The number of carbonyl (C=O) groups is 2. The van der Waals surface area contributed by atoms with Gasteiger partial charge < -0.3 is 9.57 Å². The van der Waals surface area contributed by atoms with E-state index in [-0.39, 0.29) is 17.1 Å². The Balaban J connectivity index is 2.01. The number of oxime groups is 1. The van der Waals surface area contributed by atoms with Crippen LogP contribution < -0.4 is 4.74 Å². The average Bonchev–Trinajstić information content (AvgIpc) is 2.60. The van der Waals surface area contributed by atoms with Gasteiger partial charge in [-0.05, 0) is 48.6 Å². The quantitative estimate of drug-likeness (QED) is 0.331. The predicted molar refractivity (Wildman–Crippen MR) is 79.1 cm³/mol. The Morgan fingerprint density at radius 3 is 2.04 bits per heavy atom. The maximum Gasteiger partial charge on any atom is 0.439 e. The van der Waals surface area contributed by atoms with Crippen LogP contribution in [0.3, 0.4) is 0 Å². The molecule has 0 heterocycles. The second-order valence-corrected chi connectivity index (χ2v) is 5.06. The summed E-state index contributed by atoms with van der Waals surface area (Å²) in [7, 11) is 0. The number of nitrogens with zero attached hydrogens (tertiary/aromatic N) is 1. The molecule has 0 amide bonds. The zero-order valence-corrected chi connectivity index (χ0v) is 13.0. The first-order chi connectivity index (χ1) is 12.5. The summed E-state index contributed by atoms with van der Waals surface area (Å²) < 4.78 is 78.9. The van der Waals surface area contributed by atoms with Crippen LogP contribution >= 0.6 is 0 Å². The third kappa shape index (κ3) is 5.43. The van der Waals surface area contributed by atoms with E-state index in [1.165, 1.54) is 24.3 Å². The number of alkyl halides is 6. The largest absolute Gasteiger partial charge is 0.439 e. The van der Waals surface area contributed by atoms with Gasteiger partial charge in [-0.15, -0.1) is 0 Å². The summed E-state index contributed by atoms with van der Waals surface area (Å²) in [6.07, 6.45) is -10.6. The van der Waals surface area contributed by atoms with Gasteiger partial charge in [-0.3, -0.25) is 4.79 Å². The normalized spacial score (nSPS) is 15.5. The first kappa shape index (κ1) is 20.2. The molecule has 0 radical (unpaired) electrons. The number of ether oxygens (including phenoxy) is 1. The van der Waals surface area contributed by atoms with Crippen LogP contribution in [0.4, 0.5) is 26.3 Å². The summed E-state index contributed by atoms with van der Waals surface area (Å²) >= 11 is 0. The third-order valence-electron chi connectivity index (χ3n) is 3.00. The molecule has 0 spiro atoms. The van der Waals surface area contributed by atoms with Gasteiger partial charge in [-0.2, -0.15) is 22.0 Å². The Labute approximate surface area is 147 Å². The second kappa shape index (κ2) is 7.64. The van der Waals surface area contributed by atoms with Crippen molar-refractivity contribution in [2.75, 3.05) is 0 Å². The Bertz CT molecular complexity index is 793. The van der Waals surface area contributed by atoms with E-state index in [9.17, 15) is 35.9 Å². The minimum atomic E-state index is -5.81. The van der Waals surface area contributed by atoms with Crippen LogP contribution in [0.2, 0.25) is 0 Å². The molecule has 0 aliphatic heterocycles. The lowest BCUT2D eigenvalue weighted by atomic mass is 10.2. The lowest BCUT2D eigenvalue weighted by molar-refractivity contribution is -0.304. The summed E-state index contributed by atoms with van der Waals surface area (Å²) in [5.74, 6) is -2.10. The topological polar surface area (TPSA) is 65.0 Å². The molecule has 11 heteroatoms. The van der Waals surface area contributed by atoms with Crippen LogP contribution in [-0.2, 0) is 9.63 Å². The highest BCUT2D eigenvalue weighted by molar-refractivity contribution is 6.16. The summed E-state index contributed by atoms with van der Waals surface area (Å²) in [6.45, 7) is 0. The fourth-order valence-electron chi connectivity index (χ4n) is 1.71. The van der Waals surface area contributed by atoms with Crippen molar-refractivity contribution in [3.63, 3.8) is 0 Å². The standard InChI is InChI=1S/C16H9F6NO4/c17-14(15(18,19)20)16(21,22)26-12-7-1-9(2-8-12)13(25)27-23-10-3-5-11(24)6-4-10/h1-8,14H/t14-/m1/s1. The van der Waals surface area contributed by atoms with Crippen LogP contribution in [-0.4, -0.2) is 35.9 Å². The number of hydrogen-bond acceptors (Lipinski definition) is 5. The van der Waals surface area contributed by atoms with Gasteiger partial charge in [0.05, 0.1) is 5.56 Å². The van der Waals surface area contributed by atoms with Crippen LogP contribution in [0.15, 0.2) is 53.7 Å². The highest BCUT2D eigenvalue weighted by atomic mass is 19.4. The van der Waals surface area contributed by atoms with Gasteiger partial charge in [-0.1, -0.05) is 5.16 Å². The lowest BCUT2D eigenvalue weighted by Crippen LogP contribution is -2.45. The highest BCUT2D eigenvalue weighted by Crippen LogP contribution is 2.36. The molecule has 1 aromatic rings. The van der Waals surface area contributed by atoms with Crippen molar-refractivity contribution in [1.82, 2.24) is 0 Å². The molecule has 1 aliphatic carbocycles. The molecule has 144 valence electrons. The summed E-state index contributed by atoms with van der Waals surface area (Å²) in [5, 5.41) is 3.44. The summed E-state index contributed by atoms with van der Waals surface area (Å²) in [5.41, 5.74) is -0.0360. The average molecular weight is 393 g/mol. The van der Waals surface area contributed by atoms with Crippen molar-refractivity contribution in [2.24, 2.45) is 5.16 Å². The van der Waals surface area contributed by atoms with Crippen molar-refractivity contribution in [1.29, 1.82) is 0 Å². The molecule has 0 saturated heterocycles. The van der Waals surface area contributed by atoms with Crippen molar-refractivity contribution in [3.8, 4) is 5.75 Å². The van der Waals surface area contributed by atoms with Crippen LogP contribution in [0.1, 0.15) is 10.4 Å². The molecule has 1 aromatic carbocycles. The molecule has 27 heavy (non-hydrogen) atoms. The molecule has 5 nitrogen and oxygen atoms in total. The van der Waals surface area contributed by atoms with E-state index in [1.54, 1.807) is 0 Å². The van der Waals surface area contributed by atoms with Gasteiger partial charge in [0.1, 0.15) is 11.5 Å². The third-order valence-corrected chi connectivity index (χ3v) is 3.00. The Kier molecular flexibility index (Phi) is 5.72. The fourth-order valence-corrected chi connectivity index (χ4v) is 1.71. The number of rotatable bonds is 5. The minimum Gasteiger partial charge on any atom is -0.430 e. The zero-order chi connectivity index (χ0) is 20.2. The van der Waals surface area contributed by atoms with E-state index in [1.807, 2.05) is 0 Å². The van der Waals surface area contributed by atoms with E-state index < -0.39 is 30.2 Å². The molecule has 0 N–H and O–H groups in total. The minimum absolute atomic E-state index is 0.156. The molecule has 0 bridgehead atoms. The number of carbonyl (C=O) groups excluding carboxylic acids is 2. The van der Waals surface area contributed by atoms with Gasteiger partial charge in [0.15, 0.2) is 5.78 Å². The molecule has 1 atom stereocenters. The molecule has 2 rings (SSSR count). The molecular formula is C16H9F6NO4. The van der Waals surface area contributed by atoms with E-state index in [0.29, 0.717) is 0 Å². The highest BCUT2D eigenvalue weighted by Gasteiger charge is 2.59. The maximum atomic E-state index is 13.1. The summed E-state index contributed by atoms with van der Waals surface area (Å²) in [4.78, 5) is 27.2. The molecule has 0 saturated carbocycles. The maximum absolute atomic E-state index is 13.1. The Morgan fingerprint density at radius 1 is 0.963 bits per heavy atom. The van der Waals surface area contributed by atoms with Crippen LogP contribution in [0, 0.1) is 0 Å². The van der Waals surface area contributed by atoms with Crippen molar-refractivity contribution in [2.45, 2.75) is 18.5 Å². The van der Waals surface area contributed by atoms with E-state index in [0.717, 1.165) is 24.3 Å². The number of allylic oxidation sites excluding steroid dienone is 4. The number of halogens is 6. The molecular weight excluding hydrogens is 384 g/mol. The summed E-state index contributed by atoms with van der Waals surface area (Å²) in [6, 6.07) is 3.29. The number of benzene rings is 1. The van der Waals surface area contributed by atoms with E-state index >= 15 is 0 Å². The molecule has 0 fully saturated rings. The van der Waals surface area contributed by atoms with Crippen molar-refractivity contribution in [3.05, 3.63) is 54.1 Å². The second-order valence-electron chi connectivity index (χ2n) is 5.06. The Hall–Kier alpha value is -3.11. The lowest BCUT2D eigenvalue weighted by Gasteiger charge is -2.23. The fraction of sp³-hybridized carbons (Fsp3) is 0.188. The van der Waals surface area contributed by atoms with E-state index in [2.05, 4.69) is 14.7 Å². The van der Waals surface area contributed by atoms with Gasteiger partial charge >= 0.3 is 18.3 Å². The van der Waals surface area contributed by atoms with Crippen molar-refractivity contribution >= 4 is 17.5 Å². The van der Waals surface area contributed by atoms with Crippen molar-refractivity contribution < 1.29 is 45.5 Å². The molecule has 0 unspecified atom stereocenters. The van der Waals surface area contributed by atoms with Gasteiger partial charge in [0, 0.05) is 0 Å². The van der Waals surface area contributed by atoms with Crippen LogP contribution in [0.25, 0.3) is 0 Å². The molecule has 0 aromatic heterocycles. The Morgan fingerprint density at radius 2 is 1.52 bits per heavy atom. The first-order valence-corrected chi connectivity index (χ1v) is 7.06. The van der Waals surface area contributed by atoms with Gasteiger partial charge in [-0.25, -0.2) is 9.18 Å².